The van der Waals surface area contributed by atoms with Crippen LogP contribution in [0.5, 0.6) is 6.01 Å². The number of anilines is 1. The van der Waals surface area contributed by atoms with Gasteiger partial charge in [-0.1, -0.05) is 13.3 Å². The maximum atomic E-state index is 12.7. The van der Waals surface area contributed by atoms with E-state index in [1.165, 1.54) is 10.9 Å². The van der Waals surface area contributed by atoms with Gasteiger partial charge in [-0.3, -0.25) is 9.47 Å². The molecule has 4 aromatic rings. The highest BCUT2D eigenvalue weighted by Gasteiger charge is 2.26. The summed E-state index contributed by atoms with van der Waals surface area (Å²) in [6, 6.07) is 4.25. The van der Waals surface area contributed by atoms with Crippen molar-refractivity contribution in [1.29, 1.82) is 0 Å². The van der Waals surface area contributed by atoms with Crippen LogP contribution < -0.4 is 16.2 Å². The van der Waals surface area contributed by atoms with Crippen LogP contribution in [0.25, 0.3) is 11.2 Å². The van der Waals surface area contributed by atoms with Crippen molar-refractivity contribution in [2.75, 3.05) is 25.4 Å². The van der Waals surface area contributed by atoms with Crippen molar-refractivity contribution in [2.24, 2.45) is 0 Å². The quantitative estimate of drug-likeness (QED) is 0.323. The van der Waals surface area contributed by atoms with Crippen LogP contribution in [0.3, 0.4) is 0 Å². The first-order valence-electron chi connectivity index (χ1n) is 11.9. The van der Waals surface area contributed by atoms with Gasteiger partial charge in [-0.25, -0.2) is 19.1 Å². The van der Waals surface area contributed by atoms with E-state index in [2.05, 4.69) is 37.8 Å². The van der Waals surface area contributed by atoms with Gasteiger partial charge in [0.1, 0.15) is 17.9 Å². The van der Waals surface area contributed by atoms with E-state index in [9.17, 15) is 9.59 Å². The van der Waals surface area contributed by atoms with Crippen LogP contribution >= 0.6 is 11.3 Å². The fourth-order valence-corrected chi connectivity index (χ4v) is 5.18. The van der Waals surface area contributed by atoms with E-state index in [0.29, 0.717) is 30.9 Å². The minimum atomic E-state index is -0.412. The third-order valence-corrected chi connectivity index (χ3v) is 7.04. The lowest BCUT2D eigenvalue weighted by atomic mass is 10.3. The van der Waals surface area contributed by atoms with Gasteiger partial charge >= 0.3 is 17.8 Å². The zero-order chi connectivity index (χ0) is 25.1. The minimum absolute atomic E-state index is 0.150. The summed E-state index contributed by atoms with van der Waals surface area (Å²) in [7, 11) is 0. The molecule has 0 aliphatic carbocycles. The van der Waals surface area contributed by atoms with Gasteiger partial charge in [-0.05, 0) is 25.0 Å². The highest BCUT2D eigenvalue weighted by atomic mass is 32.1. The predicted molar refractivity (Wildman–Crippen MR) is 134 cm³/mol. The van der Waals surface area contributed by atoms with Gasteiger partial charge in [0.05, 0.1) is 13.2 Å². The van der Waals surface area contributed by atoms with Gasteiger partial charge in [-0.2, -0.15) is 9.97 Å². The largest absolute Gasteiger partial charge is 0.463 e. The Hall–Kier alpha value is -3.71. The van der Waals surface area contributed by atoms with Crippen molar-refractivity contribution in [2.45, 2.75) is 45.4 Å². The smallest absolute Gasteiger partial charge is 0.419 e. The number of aromatic nitrogens is 6. The average molecular weight is 513 g/mol. The van der Waals surface area contributed by atoms with E-state index in [1.54, 1.807) is 28.3 Å². The van der Waals surface area contributed by atoms with Gasteiger partial charge in [0, 0.05) is 41.8 Å². The van der Waals surface area contributed by atoms with Crippen molar-refractivity contribution in [3.63, 3.8) is 0 Å². The van der Waals surface area contributed by atoms with E-state index in [0.717, 1.165) is 42.1 Å². The van der Waals surface area contributed by atoms with E-state index >= 15 is 0 Å². The topological polar surface area (TPSA) is 146 Å². The number of fused-ring (bicyclic) bond motifs is 1. The highest BCUT2D eigenvalue weighted by Crippen LogP contribution is 2.24. The number of hydrogen-bond donors (Lipinski definition) is 2. The van der Waals surface area contributed by atoms with Crippen LogP contribution in [0.4, 0.5) is 10.6 Å². The van der Waals surface area contributed by atoms with Crippen molar-refractivity contribution in [3.8, 4) is 6.01 Å². The first-order valence-corrected chi connectivity index (χ1v) is 12.7. The molecule has 0 amide bonds. The molecule has 1 saturated heterocycles. The zero-order valence-electron chi connectivity index (χ0n) is 19.9. The SMILES string of the molecule is CCCCOc1nc(N)c2[nH]c(=O)n(Cc3ccc(CN4CCC(OC(=O)n5ccnc5)C4)s3)c2n1. The molecular formula is C23H28N8O4S. The standard InChI is InChI=1S/C23H28N8O4S/c1-2-3-10-34-21-27-19(24)18-20(28-21)31(22(32)26-18)13-17-5-4-16(36-17)12-29-8-6-15(11-29)35-23(33)30-9-7-25-14-30/h4-5,7,9,14-15H,2-3,6,8,10-13H2,1H3,(H,26,32)(H2,24,27,28). The summed E-state index contributed by atoms with van der Waals surface area (Å²) < 4.78 is 14.1. The number of ether oxygens (including phenoxy) is 2. The number of nitrogens with zero attached hydrogens (tertiary/aromatic N) is 6. The molecule has 0 bridgehead atoms. The third kappa shape index (κ3) is 5.26. The summed E-state index contributed by atoms with van der Waals surface area (Å²) in [5.41, 5.74) is 6.59. The molecule has 1 atom stereocenters. The lowest BCUT2D eigenvalue weighted by Gasteiger charge is -2.15. The highest BCUT2D eigenvalue weighted by molar-refractivity contribution is 7.11. The molecule has 1 aliphatic heterocycles. The normalized spacial score (nSPS) is 16.1. The summed E-state index contributed by atoms with van der Waals surface area (Å²) in [5, 5.41) is 0. The number of nitrogens with two attached hydrogens (primary N) is 1. The van der Waals surface area contributed by atoms with Crippen LogP contribution in [0.15, 0.2) is 35.6 Å². The van der Waals surface area contributed by atoms with Crippen LogP contribution in [-0.4, -0.2) is 65.9 Å². The summed E-state index contributed by atoms with van der Waals surface area (Å²) in [6.07, 6.45) is 6.64. The van der Waals surface area contributed by atoms with E-state index < -0.39 is 6.09 Å². The number of H-pyrrole nitrogens is 1. The van der Waals surface area contributed by atoms with Crippen molar-refractivity contribution in [3.05, 3.63) is 51.1 Å². The number of nitrogens with one attached hydrogen (secondary N) is 1. The fourth-order valence-electron chi connectivity index (χ4n) is 4.13. The third-order valence-electron chi connectivity index (χ3n) is 5.98. The number of nitrogen functional groups attached to an aromatic ring is 1. The summed E-state index contributed by atoms with van der Waals surface area (Å²) in [6.45, 7) is 5.18. The maximum Gasteiger partial charge on any atom is 0.419 e. The Bertz CT molecular complexity index is 1390. The molecule has 4 aromatic heterocycles. The molecule has 1 unspecified atom stereocenters. The number of hydrogen-bond acceptors (Lipinski definition) is 10. The number of likely N-dealkylation sites (tertiary alicyclic amines) is 1. The molecule has 36 heavy (non-hydrogen) atoms. The van der Waals surface area contributed by atoms with Crippen molar-refractivity contribution < 1.29 is 14.3 Å². The fraction of sp³-hybridized carbons (Fsp3) is 0.435. The van der Waals surface area contributed by atoms with Gasteiger partial charge in [0.15, 0.2) is 11.5 Å². The number of carbonyl (C=O) groups excluding carboxylic acids is 1. The summed E-state index contributed by atoms with van der Waals surface area (Å²) in [5.74, 6) is 0.187. The van der Waals surface area contributed by atoms with Crippen molar-refractivity contribution >= 4 is 34.4 Å². The molecule has 1 aliphatic rings. The molecule has 5 heterocycles. The van der Waals surface area contributed by atoms with Crippen LogP contribution in [0.2, 0.25) is 0 Å². The van der Waals surface area contributed by atoms with Crippen LogP contribution in [0.1, 0.15) is 35.9 Å². The predicted octanol–water partition coefficient (Wildman–Crippen LogP) is 2.45. The lowest BCUT2D eigenvalue weighted by molar-refractivity contribution is 0.101. The molecule has 190 valence electrons. The molecule has 0 saturated carbocycles. The Morgan fingerprint density at radius 1 is 1.28 bits per heavy atom. The van der Waals surface area contributed by atoms with Crippen LogP contribution in [0, 0.1) is 0 Å². The number of carbonyl (C=O) groups is 1. The Morgan fingerprint density at radius 3 is 2.89 bits per heavy atom. The molecule has 5 rings (SSSR count). The molecule has 3 N–H and O–H groups in total. The molecule has 0 spiro atoms. The Morgan fingerprint density at radius 2 is 2.11 bits per heavy atom. The number of aromatic amines is 1. The molecule has 0 aromatic carbocycles. The molecular weight excluding hydrogens is 484 g/mol. The van der Waals surface area contributed by atoms with Crippen molar-refractivity contribution in [1.82, 2.24) is 34.0 Å². The van der Waals surface area contributed by atoms with Gasteiger partial charge in [0.2, 0.25) is 0 Å². The van der Waals surface area contributed by atoms with E-state index in [1.807, 2.05) is 6.07 Å². The first-order chi connectivity index (χ1) is 17.5. The average Bonchev–Trinajstić information content (AvgIpc) is 3.65. The van der Waals surface area contributed by atoms with E-state index in [4.69, 9.17) is 15.2 Å². The first kappa shape index (κ1) is 24.0. The summed E-state index contributed by atoms with van der Waals surface area (Å²) in [4.78, 5) is 44.4. The van der Waals surface area contributed by atoms with Gasteiger partial charge in [0.25, 0.3) is 0 Å². The summed E-state index contributed by atoms with van der Waals surface area (Å²) >= 11 is 1.63. The second-order valence-electron chi connectivity index (χ2n) is 8.68. The Labute approximate surface area is 210 Å². The number of unbranched alkanes of at least 4 members (excludes halogenated alkanes) is 1. The van der Waals surface area contributed by atoms with Gasteiger partial charge in [-0.15, -0.1) is 11.3 Å². The van der Waals surface area contributed by atoms with Crippen LogP contribution in [-0.2, 0) is 17.8 Å². The second kappa shape index (κ2) is 10.5. The molecule has 13 heteroatoms. The van der Waals surface area contributed by atoms with E-state index in [-0.39, 0.29) is 23.6 Å². The Balaban J connectivity index is 1.23. The number of rotatable bonds is 9. The monoisotopic (exact) mass is 512 g/mol. The maximum absolute atomic E-state index is 12.7. The zero-order valence-corrected chi connectivity index (χ0v) is 20.7. The lowest BCUT2D eigenvalue weighted by Crippen LogP contribution is -2.26. The second-order valence-corrected chi connectivity index (χ2v) is 9.93. The molecule has 1 fully saturated rings. The molecule has 12 nitrogen and oxygen atoms in total. The Kier molecular flexibility index (Phi) is 7.00. The number of imidazole rings is 2. The molecule has 0 radical (unpaired) electrons. The van der Waals surface area contributed by atoms with Gasteiger partial charge < -0.3 is 20.2 Å². The number of thiophene rings is 1. The minimum Gasteiger partial charge on any atom is -0.463 e.